The van der Waals surface area contributed by atoms with Gasteiger partial charge in [-0.25, -0.2) is 4.79 Å². The lowest BCUT2D eigenvalue weighted by Crippen LogP contribution is -2.10. The van der Waals surface area contributed by atoms with E-state index in [-0.39, 0.29) is 18.1 Å². The highest BCUT2D eigenvalue weighted by Crippen LogP contribution is 2.27. The summed E-state index contributed by atoms with van der Waals surface area (Å²) >= 11 is 6.73. The van der Waals surface area contributed by atoms with Gasteiger partial charge in [-0.2, -0.15) is 0 Å². The van der Waals surface area contributed by atoms with Crippen molar-refractivity contribution in [2.24, 2.45) is 0 Å². The molecule has 0 atom stereocenters. The molecule has 0 spiro atoms. The van der Waals surface area contributed by atoms with Gasteiger partial charge in [0.2, 0.25) is 0 Å². The maximum Gasteiger partial charge on any atom is 0.352 e. The molecule has 2 rings (SSSR count). The van der Waals surface area contributed by atoms with Gasteiger partial charge in [0.05, 0.1) is 9.08 Å². The normalized spacial score (nSPS) is 10.0. The van der Waals surface area contributed by atoms with Crippen molar-refractivity contribution in [3.05, 3.63) is 56.7 Å². The molecule has 2 aromatic rings. The van der Waals surface area contributed by atoms with Crippen molar-refractivity contribution >= 4 is 50.2 Å². The molecule has 1 aromatic carbocycles. The summed E-state index contributed by atoms with van der Waals surface area (Å²) in [6, 6.07) is 11.6. The first-order chi connectivity index (χ1) is 8.59. The fourth-order valence-electron chi connectivity index (χ4n) is 1.77. The second-order valence-electron chi connectivity index (χ2n) is 3.86. The lowest BCUT2D eigenvalue weighted by atomic mass is 10.1. The predicted molar refractivity (Wildman–Crippen MR) is 84.2 cm³/mol. The monoisotopic (exact) mass is 407 g/mol. The average Bonchev–Trinajstić information content (AvgIpc) is 2.65. The van der Waals surface area contributed by atoms with Crippen LogP contribution in [0.15, 0.2) is 45.5 Å². The van der Waals surface area contributed by atoms with Gasteiger partial charge in [0.1, 0.15) is 5.69 Å². The summed E-state index contributed by atoms with van der Waals surface area (Å²) in [5, 5.41) is 9.14. The summed E-state index contributed by atoms with van der Waals surface area (Å²) in [5.41, 5.74) is 1.47. The molecule has 6 heteroatoms. The molecular weight excluding hydrogens is 397 g/mol. The summed E-state index contributed by atoms with van der Waals surface area (Å²) in [6.45, 7) is 0.623. The summed E-state index contributed by atoms with van der Waals surface area (Å²) in [6.07, 6.45) is 0.792. The van der Waals surface area contributed by atoms with Gasteiger partial charge in [-0.15, -0.1) is 12.4 Å². The SMILES string of the molecule is Cl.O=C(O)c1cc(Br)c(Br)n1CCc1ccccc1. The quantitative estimate of drug-likeness (QED) is 0.815. The van der Waals surface area contributed by atoms with Crippen molar-refractivity contribution in [1.82, 2.24) is 4.57 Å². The van der Waals surface area contributed by atoms with E-state index in [0.29, 0.717) is 6.54 Å². The molecule has 1 heterocycles. The highest BCUT2D eigenvalue weighted by atomic mass is 79.9. The van der Waals surface area contributed by atoms with Gasteiger partial charge in [0.25, 0.3) is 0 Å². The van der Waals surface area contributed by atoms with Crippen LogP contribution in [0.5, 0.6) is 0 Å². The van der Waals surface area contributed by atoms with E-state index in [1.807, 2.05) is 30.3 Å². The minimum atomic E-state index is -0.922. The van der Waals surface area contributed by atoms with E-state index in [2.05, 4.69) is 31.9 Å². The molecule has 3 nitrogen and oxygen atoms in total. The van der Waals surface area contributed by atoms with Crippen LogP contribution in [0.3, 0.4) is 0 Å². The van der Waals surface area contributed by atoms with E-state index in [0.717, 1.165) is 15.5 Å². The molecule has 0 saturated heterocycles. The topological polar surface area (TPSA) is 42.2 Å². The molecule has 0 amide bonds. The van der Waals surface area contributed by atoms with Crippen molar-refractivity contribution < 1.29 is 9.90 Å². The Kier molecular flexibility index (Phi) is 6.10. The van der Waals surface area contributed by atoms with Crippen LogP contribution in [-0.4, -0.2) is 15.6 Å². The number of carbonyl (C=O) groups is 1. The first kappa shape index (κ1) is 16.3. The third kappa shape index (κ3) is 3.84. The Hall–Kier alpha value is -0.780. The second kappa shape index (κ2) is 7.12. The Labute approximate surface area is 134 Å². The van der Waals surface area contributed by atoms with E-state index in [9.17, 15) is 4.79 Å². The molecule has 1 N–H and O–H groups in total. The van der Waals surface area contributed by atoms with E-state index in [1.165, 1.54) is 5.56 Å². The summed E-state index contributed by atoms with van der Waals surface area (Å²) < 4.78 is 3.27. The van der Waals surface area contributed by atoms with E-state index >= 15 is 0 Å². The molecule has 0 saturated carbocycles. The van der Waals surface area contributed by atoms with Crippen LogP contribution >= 0.6 is 44.3 Å². The van der Waals surface area contributed by atoms with Gasteiger partial charge in [-0.3, -0.25) is 0 Å². The lowest BCUT2D eigenvalue weighted by molar-refractivity contribution is 0.0684. The molecule has 0 bridgehead atoms. The minimum Gasteiger partial charge on any atom is -0.477 e. The van der Waals surface area contributed by atoms with Crippen LogP contribution in [0.25, 0.3) is 0 Å². The van der Waals surface area contributed by atoms with Crippen molar-refractivity contribution in [3.8, 4) is 0 Å². The summed E-state index contributed by atoms with van der Waals surface area (Å²) in [7, 11) is 0. The molecule has 0 aliphatic carbocycles. The highest BCUT2D eigenvalue weighted by molar-refractivity contribution is 9.13. The van der Waals surface area contributed by atoms with Crippen molar-refractivity contribution in [2.75, 3.05) is 0 Å². The van der Waals surface area contributed by atoms with Gasteiger partial charge < -0.3 is 9.67 Å². The third-order valence-electron chi connectivity index (χ3n) is 2.67. The number of aromatic nitrogens is 1. The van der Waals surface area contributed by atoms with Gasteiger partial charge in [0.15, 0.2) is 0 Å². The summed E-state index contributed by atoms with van der Waals surface area (Å²) in [4.78, 5) is 11.1. The van der Waals surface area contributed by atoms with Crippen molar-refractivity contribution in [2.45, 2.75) is 13.0 Å². The number of rotatable bonds is 4. The molecule has 0 fully saturated rings. The Bertz CT molecular complexity index is 570. The van der Waals surface area contributed by atoms with Crippen LogP contribution in [0.2, 0.25) is 0 Å². The molecule has 0 unspecified atom stereocenters. The highest BCUT2D eigenvalue weighted by Gasteiger charge is 2.16. The van der Waals surface area contributed by atoms with E-state index in [1.54, 1.807) is 10.6 Å². The number of nitrogens with zero attached hydrogens (tertiary/aromatic N) is 1. The standard InChI is InChI=1S/C13H11Br2NO2.ClH/c14-10-8-11(13(17)18)16(12(10)15)7-6-9-4-2-1-3-5-9;/h1-5,8H,6-7H2,(H,17,18);1H. The van der Waals surface area contributed by atoms with Crippen molar-refractivity contribution in [1.29, 1.82) is 0 Å². The minimum absolute atomic E-state index is 0. The molecule has 102 valence electrons. The largest absolute Gasteiger partial charge is 0.477 e. The zero-order valence-electron chi connectivity index (χ0n) is 9.85. The van der Waals surface area contributed by atoms with Gasteiger partial charge in [0, 0.05) is 6.54 Å². The number of hydrogen-bond donors (Lipinski definition) is 1. The second-order valence-corrected chi connectivity index (χ2v) is 5.47. The molecular formula is C13H12Br2ClNO2. The number of carboxylic acids is 1. The van der Waals surface area contributed by atoms with E-state index < -0.39 is 5.97 Å². The molecule has 0 aliphatic rings. The van der Waals surface area contributed by atoms with Crippen molar-refractivity contribution in [3.63, 3.8) is 0 Å². The fraction of sp³-hybridized carbons (Fsp3) is 0.154. The van der Waals surface area contributed by atoms with Crippen LogP contribution in [0.1, 0.15) is 16.1 Å². The zero-order valence-corrected chi connectivity index (χ0v) is 13.8. The van der Waals surface area contributed by atoms with Gasteiger partial charge >= 0.3 is 5.97 Å². The van der Waals surface area contributed by atoms with Gasteiger partial charge in [-0.05, 0) is 49.9 Å². The maximum absolute atomic E-state index is 11.1. The predicted octanol–water partition coefficient (Wildman–Crippen LogP) is 4.38. The van der Waals surface area contributed by atoms with Gasteiger partial charge in [-0.1, -0.05) is 30.3 Å². The Morgan fingerprint density at radius 3 is 2.42 bits per heavy atom. The number of benzene rings is 1. The zero-order chi connectivity index (χ0) is 13.1. The number of hydrogen-bond acceptors (Lipinski definition) is 1. The third-order valence-corrected chi connectivity index (χ3v) is 4.67. The number of aromatic carboxylic acids is 1. The molecule has 0 aliphatic heterocycles. The Balaban J connectivity index is 0.00000180. The number of halogens is 3. The first-order valence-corrected chi connectivity index (χ1v) is 7.00. The lowest BCUT2D eigenvalue weighted by Gasteiger charge is -2.08. The Morgan fingerprint density at radius 2 is 1.84 bits per heavy atom. The molecule has 1 aromatic heterocycles. The average molecular weight is 410 g/mol. The van der Waals surface area contributed by atoms with Crippen LogP contribution in [-0.2, 0) is 13.0 Å². The maximum atomic E-state index is 11.1. The first-order valence-electron chi connectivity index (χ1n) is 5.41. The van der Waals surface area contributed by atoms with E-state index in [4.69, 9.17) is 5.11 Å². The summed E-state index contributed by atoms with van der Waals surface area (Å²) in [5.74, 6) is -0.922. The van der Waals surface area contributed by atoms with Crippen LogP contribution in [0.4, 0.5) is 0 Å². The number of carboxylic acid groups (broad SMARTS) is 1. The van der Waals surface area contributed by atoms with Crippen LogP contribution in [0, 0.1) is 0 Å². The smallest absolute Gasteiger partial charge is 0.352 e. The fourth-order valence-corrected chi connectivity index (χ4v) is 2.69. The Morgan fingerprint density at radius 1 is 1.21 bits per heavy atom. The van der Waals surface area contributed by atoms with Crippen LogP contribution < -0.4 is 0 Å². The molecule has 0 radical (unpaired) electrons. The number of aryl methyl sites for hydroxylation is 1. The molecule has 19 heavy (non-hydrogen) atoms.